The lowest BCUT2D eigenvalue weighted by Gasteiger charge is -2.35. The average Bonchev–Trinajstić information content (AvgIpc) is 2.25. The fourth-order valence-electron chi connectivity index (χ4n) is 2.22. The molecule has 1 aliphatic carbocycles. The standard InChI is InChI=1S/C13H24N2O2S/c1-4-17-11-5-10(6-11)7-12(16)15(3)8-9(2)13(14)18/h9-11H,4-8H2,1-3H3,(H2,14,18). The van der Waals surface area contributed by atoms with Gasteiger partial charge >= 0.3 is 0 Å². The van der Waals surface area contributed by atoms with Crippen LogP contribution in [0.4, 0.5) is 0 Å². The number of carbonyl (C=O) groups excluding carboxylic acids is 1. The Morgan fingerprint density at radius 3 is 2.67 bits per heavy atom. The molecule has 0 saturated heterocycles. The molecule has 0 aromatic carbocycles. The van der Waals surface area contributed by atoms with Crippen LogP contribution < -0.4 is 5.73 Å². The Kier molecular flexibility index (Phi) is 6.02. The monoisotopic (exact) mass is 272 g/mol. The fraction of sp³-hybridized carbons (Fsp3) is 0.846. The van der Waals surface area contributed by atoms with E-state index < -0.39 is 0 Å². The van der Waals surface area contributed by atoms with Crippen LogP contribution in [-0.2, 0) is 9.53 Å². The van der Waals surface area contributed by atoms with E-state index in [1.807, 2.05) is 20.9 Å². The predicted octanol–water partition coefficient (Wildman–Crippen LogP) is 1.57. The normalized spacial score (nSPS) is 24.2. The molecule has 1 amide bonds. The number of rotatable bonds is 7. The molecular weight excluding hydrogens is 248 g/mol. The first-order valence-corrected chi connectivity index (χ1v) is 6.99. The van der Waals surface area contributed by atoms with Crippen LogP contribution in [-0.4, -0.2) is 42.1 Å². The SMILES string of the molecule is CCOC1CC(CC(=O)N(C)CC(C)C(N)=S)C1. The number of hydrogen-bond donors (Lipinski definition) is 1. The van der Waals surface area contributed by atoms with Gasteiger partial charge in [0, 0.05) is 32.5 Å². The molecule has 104 valence electrons. The zero-order chi connectivity index (χ0) is 13.7. The summed E-state index contributed by atoms with van der Waals surface area (Å²) in [6.07, 6.45) is 3.01. The smallest absolute Gasteiger partial charge is 0.222 e. The summed E-state index contributed by atoms with van der Waals surface area (Å²) in [6, 6.07) is 0. The fourth-order valence-corrected chi connectivity index (χ4v) is 2.29. The quantitative estimate of drug-likeness (QED) is 0.715. The number of nitrogens with two attached hydrogens (primary N) is 1. The first kappa shape index (κ1) is 15.4. The molecule has 0 spiro atoms. The van der Waals surface area contributed by atoms with E-state index in [2.05, 4.69) is 0 Å². The van der Waals surface area contributed by atoms with Gasteiger partial charge in [0.2, 0.25) is 5.91 Å². The van der Waals surface area contributed by atoms with Crippen molar-refractivity contribution in [3.63, 3.8) is 0 Å². The Hall–Kier alpha value is -0.680. The van der Waals surface area contributed by atoms with Crippen molar-refractivity contribution in [1.82, 2.24) is 4.90 Å². The third-order valence-electron chi connectivity index (χ3n) is 3.52. The van der Waals surface area contributed by atoms with Gasteiger partial charge in [-0.2, -0.15) is 0 Å². The molecule has 0 bridgehead atoms. The summed E-state index contributed by atoms with van der Waals surface area (Å²) in [5.74, 6) is 0.737. The second kappa shape index (κ2) is 7.04. The second-order valence-corrected chi connectivity index (χ2v) is 5.67. The highest BCUT2D eigenvalue weighted by atomic mass is 32.1. The first-order chi connectivity index (χ1) is 8.43. The maximum atomic E-state index is 12.0. The van der Waals surface area contributed by atoms with Crippen molar-refractivity contribution in [3.05, 3.63) is 0 Å². The van der Waals surface area contributed by atoms with Gasteiger partial charge < -0.3 is 15.4 Å². The summed E-state index contributed by atoms with van der Waals surface area (Å²) in [5, 5.41) is 0. The lowest BCUT2D eigenvalue weighted by atomic mass is 9.79. The van der Waals surface area contributed by atoms with Crippen LogP contribution in [0.2, 0.25) is 0 Å². The molecule has 18 heavy (non-hydrogen) atoms. The molecular formula is C13H24N2O2S. The molecule has 0 aromatic rings. The summed E-state index contributed by atoms with van der Waals surface area (Å²) < 4.78 is 5.49. The topological polar surface area (TPSA) is 55.6 Å². The largest absolute Gasteiger partial charge is 0.393 e. The van der Waals surface area contributed by atoms with E-state index >= 15 is 0 Å². The van der Waals surface area contributed by atoms with E-state index in [4.69, 9.17) is 22.7 Å². The molecule has 1 unspecified atom stereocenters. The highest BCUT2D eigenvalue weighted by molar-refractivity contribution is 7.80. The Balaban J connectivity index is 2.23. The number of amides is 1. The molecule has 1 aliphatic rings. The van der Waals surface area contributed by atoms with Gasteiger partial charge in [-0.05, 0) is 25.7 Å². The van der Waals surface area contributed by atoms with Crippen LogP contribution >= 0.6 is 12.2 Å². The third kappa shape index (κ3) is 4.53. The van der Waals surface area contributed by atoms with Crippen LogP contribution in [0, 0.1) is 11.8 Å². The number of ether oxygens (including phenoxy) is 1. The van der Waals surface area contributed by atoms with Crippen LogP contribution in [0.3, 0.4) is 0 Å². The van der Waals surface area contributed by atoms with Crippen molar-refractivity contribution in [2.45, 2.75) is 39.2 Å². The van der Waals surface area contributed by atoms with E-state index in [1.54, 1.807) is 4.90 Å². The molecule has 0 aromatic heterocycles. The number of hydrogen-bond acceptors (Lipinski definition) is 3. The molecule has 2 N–H and O–H groups in total. The number of thiocarbonyl (C=S) groups is 1. The second-order valence-electron chi connectivity index (χ2n) is 5.20. The molecule has 5 heteroatoms. The van der Waals surface area contributed by atoms with Crippen LogP contribution in [0.1, 0.15) is 33.1 Å². The van der Waals surface area contributed by atoms with Gasteiger partial charge in [0.15, 0.2) is 0 Å². The minimum absolute atomic E-state index is 0.0755. The summed E-state index contributed by atoms with van der Waals surface area (Å²) >= 11 is 4.91. The minimum atomic E-state index is 0.0755. The summed E-state index contributed by atoms with van der Waals surface area (Å²) in [4.78, 5) is 14.2. The zero-order valence-corrected chi connectivity index (χ0v) is 12.3. The third-order valence-corrected chi connectivity index (χ3v) is 3.92. The maximum Gasteiger partial charge on any atom is 0.222 e. The molecule has 0 aliphatic heterocycles. The van der Waals surface area contributed by atoms with E-state index in [-0.39, 0.29) is 11.8 Å². The molecule has 1 fully saturated rings. The molecule has 4 nitrogen and oxygen atoms in total. The summed E-state index contributed by atoms with van der Waals surface area (Å²) in [5.41, 5.74) is 5.55. The van der Waals surface area contributed by atoms with Crippen LogP contribution in [0.15, 0.2) is 0 Å². The molecule has 1 rings (SSSR count). The average molecular weight is 272 g/mol. The van der Waals surface area contributed by atoms with E-state index in [0.29, 0.717) is 30.0 Å². The first-order valence-electron chi connectivity index (χ1n) is 6.58. The van der Waals surface area contributed by atoms with Crippen molar-refractivity contribution in [2.75, 3.05) is 20.2 Å². The van der Waals surface area contributed by atoms with E-state index in [9.17, 15) is 4.79 Å². The Morgan fingerprint density at radius 1 is 1.56 bits per heavy atom. The zero-order valence-electron chi connectivity index (χ0n) is 11.5. The maximum absolute atomic E-state index is 12.0. The van der Waals surface area contributed by atoms with Gasteiger partial charge in [0.25, 0.3) is 0 Å². The highest BCUT2D eigenvalue weighted by Gasteiger charge is 2.31. The van der Waals surface area contributed by atoms with Gasteiger partial charge in [-0.25, -0.2) is 0 Å². The van der Waals surface area contributed by atoms with Gasteiger partial charge in [-0.3, -0.25) is 4.79 Å². The number of carbonyl (C=O) groups is 1. The Labute approximate surface area is 115 Å². The van der Waals surface area contributed by atoms with Crippen molar-refractivity contribution in [2.24, 2.45) is 17.6 Å². The lowest BCUT2D eigenvalue weighted by molar-refractivity contribution is -0.133. The van der Waals surface area contributed by atoms with Crippen LogP contribution in [0.25, 0.3) is 0 Å². The minimum Gasteiger partial charge on any atom is -0.393 e. The van der Waals surface area contributed by atoms with Gasteiger partial charge in [0.1, 0.15) is 0 Å². The molecule has 1 saturated carbocycles. The Morgan fingerprint density at radius 2 is 2.17 bits per heavy atom. The number of nitrogens with zero attached hydrogens (tertiary/aromatic N) is 1. The van der Waals surface area contributed by atoms with Crippen molar-refractivity contribution in [3.8, 4) is 0 Å². The van der Waals surface area contributed by atoms with Crippen molar-refractivity contribution in [1.29, 1.82) is 0 Å². The van der Waals surface area contributed by atoms with Crippen molar-refractivity contribution < 1.29 is 9.53 Å². The molecule has 1 atom stereocenters. The van der Waals surface area contributed by atoms with Gasteiger partial charge in [0.05, 0.1) is 11.1 Å². The van der Waals surface area contributed by atoms with E-state index in [0.717, 1.165) is 19.4 Å². The van der Waals surface area contributed by atoms with E-state index in [1.165, 1.54) is 0 Å². The van der Waals surface area contributed by atoms with Crippen LogP contribution in [0.5, 0.6) is 0 Å². The summed E-state index contributed by atoms with van der Waals surface area (Å²) in [7, 11) is 1.82. The molecule has 0 radical (unpaired) electrons. The highest BCUT2D eigenvalue weighted by Crippen LogP contribution is 2.33. The van der Waals surface area contributed by atoms with Crippen molar-refractivity contribution >= 4 is 23.1 Å². The predicted molar refractivity (Wildman–Crippen MR) is 76.3 cm³/mol. The van der Waals surface area contributed by atoms with Gasteiger partial charge in [-0.1, -0.05) is 19.1 Å². The summed E-state index contributed by atoms with van der Waals surface area (Å²) in [6.45, 7) is 5.32. The lowest BCUT2D eigenvalue weighted by Crippen LogP contribution is -2.39. The Bertz CT molecular complexity index is 303. The molecule has 0 heterocycles. The van der Waals surface area contributed by atoms with Gasteiger partial charge in [-0.15, -0.1) is 0 Å².